The molecule has 0 radical (unpaired) electrons. The minimum atomic E-state index is 0.539. The van der Waals surface area contributed by atoms with E-state index >= 15 is 0 Å². The highest BCUT2D eigenvalue weighted by Crippen LogP contribution is 2.44. The van der Waals surface area contributed by atoms with Crippen molar-refractivity contribution in [3.63, 3.8) is 0 Å². The zero-order valence-electron chi connectivity index (χ0n) is 6.52. The summed E-state index contributed by atoms with van der Waals surface area (Å²) < 4.78 is 0. The zero-order valence-corrected chi connectivity index (χ0v) is 7.34. The van der Waals surface area contributed by atoms with Gasteiger partial charge in [-0.05, 0) is 38.4 Å². The summed E-state index contributed by atoms with van der Waals surface area (Å²) in [6, 6.07) is 0.765. The van der Waals surface area contributed by atoms with E-state index in [1.807, 2.05) is 0 Å². The molecule has 1 saturated heterocycles. The Hall–Kier alpha value is 0.310. The van der Waals surface area contributed by atoms with Crippen molar-refractivity contribution >= 4 is 11.8 Å². The molecule has 1 spiro atoms. The van der Waals surface area contributed by atoms with Crippen LogP contribution in [-0.4, -0.2) is 16.7 Å². The molecule has 2 aliphatic rings. The van der Waals surface area contributed by atoms with E-state index < -0.39 is 0 Å². The molecule has 0 bridgehead atoms. The van der Waals surface area contributed by atoms with Crippen molar-refractivity contribution in [3.8, 4) is 0 Å². The SMILES string of the molecule is C[C@@H]1CCSC2(CCC2)N1. The lowest BCUT2D eigenvalue weighted by Gasteiger charge is -2.47. The van der Waals surface area contributed by atoms with Gasteiger partial charge in [-0.25, -0.2) is 0 Å². The Bertz CT molecular complexity index is 131. The largest absolute Gasteiger partial charge is 0.300 e. The molecule has 2 rings (SSSR count). The third-order valence-corrected chi connectivity index (χ3v) is 4.12. The Morgan fingerprint density at radius 1 is 1.50 bits per heavy atom. The number of hydrogen-bond acceptors (Lipinski definition) is 2. The first-order chi connectivity index (χ1) is 4.81. The van der Waals surface area contributed by atoms with Crippen LogP contribution in [0, 0.1) is 0 Å². The van der Waals surface area contributed by atoms with E-state index in [2.05, 4.69) is 24.0 Å². The van der Waals surface area contributed by atoms with Gasteiger partial charge in [0.2, 0.25) is 0 Å². The lowest BCUT2D eigenvalue weighted by molar-refractivity contribution is 0.261. The van der Waals surface area contributed by atoms with Crippen LogP contribution < -0.4 is 5.32 Å². The molecular weight excluding hydrogens is 142 g/mol. The molecule has 1 saturated carbocycles. The molecule has 2 heteroatoms. The highest BCUT2D eigenvalue weighted by atomic mass is 32.2. The van der Waals surface area contributed by atoms with Crippen LogP contribution in [0.5, 0.6) is 0 Å². The quantitative estimate of drug-likeness (QED) is 0.577. The molecule has 2 fully saturated rings. The zero-order chi connectivity index (χ0) is 7.03. The maximum atomic E-state index is 3.69. The maximum absolute atomic E-state index is 3.69. The Morgan fingerprint density at radius 3 is 2.70 bits per heavy atom. The maximum Gasteiger partial charge on any atom is 0.0647 e. The highest BCUT2D eigenvalue weighted by Gasteiger charge is 2.40. The Kier molecular flexibility index (Phi) is 1.69. The summed E-state index contributed by atoms with van der Waals surface area (Å²) in [7, 11) is 0. The molecule has 1 nitrogen and oxygen atoms in total. The van der Waals surface area contributed by atoms with E-state index in [0.717, 1.165) is 6.04 Å². The van der Waals surface area contributed by atoms with Crippen LogP contribution in [0.25, 0.3) is 0 Å². The van der Waals surface area contributed by atoms with Gasteiger partial charge in [-0.1, -0.05) is 0 Å². The molecule has 10 heavy (non-hydrogen) atoms. The molecule has 0 aromatic heterocycles. The topological polar surface area (TPSA) is 12.0 Å². The smallest absolute Gasteiger partial charge is 0.0647 e. The highest BCUT2D eigenvalue weighted by molar-refractivity contribution is 8.00. The fourth-order valence-corrected chi connectivity index (χ4v) is 3.50. The van der Waals surface area contributed by atoms with Crippen molar-refractivity contribution < 1.29 is 0 Å². The third-order valence-electron chi connectivity index (χ3n) is 2.60. The fraction of sp³-hybridized carbons (Fsp3) is 1.00. The third kappa shape index (κ3) is 1.08. The predicted molar refractivity (Wildman–Crippen MR) is 46.3 cm³/mol. The normalized spacial score (nSPS) is 37.5. The Balaban J connectivity index is 1.96. The minimum Gasteiger partial charge on any atom is -0.300 e. The van der Waals surface area contributed by atoms with Gasteiger partial charge in [0, 0.05) is 6.04 Å². The number of rotatable bonds is 0. The van der Waals surface area contributed by atoms with Gasteiger partial charge in [0.25, 0.3) is 0 Å². The van der Waals surface area contributed by atoms with Gasteiger partial charge in [0.1, 0.15) is 0 Å². The summed E-state index contributed by atoms with van der Waals surface area (Å²) >= 11 is 2.14. The summed E-state index contributed by atoms with van der Waals surface area (Å²) in [5.74, 6) is 1.37. The van der Waals surface area contributed by atoms with Crippen molar-refractivity contribution in [2.75, 3.05) is 5.75 Å². The lowest BCUT2D eigenvalue weighted by Crippen LogP contribution is -2.54. The van der Waals surface area contributed by atoms with Crippen molar-refractivity contribution in [1.82, 2.24) is 5.32 Å². The van der Waals surface area contributed by atoms with E-state index in [-0.39, 0.29) is 0 Å². The second-order valence-electron chi connectivity index (χ2n) is 3.53. The number of nitrogens with one attached hydrogen (secondary N) is 1. The van der Waals surface area contributed by atoms with Crippen LogP contribution in [0.15, 0.2) is 0 Å². The lowest BCUT2D eigenvalue weighted by atomic mass is 9.91. The van der Waals surface area contributed by atoms with Gasteiger partial charge in [0.15, 0.2) is 0 Å². The van der Waals surface area contributed by atoms with Gasteiger partial charge >= 0.3 is 0 Å². The van der Waals surface area contributed by atoms with Crippen LogP contribution in [0.3, 0.4) is 0 Å². The van der Waals surface area contributed by atoms with Gasteiger partial charge in [-0.15, -0.1) is 11.8 Å². The van der Waals surface area contributed by atoms with E-state index in [4.69, 9.17) is 0 Å². The number of thioether (sulfide) groups is 1. The molecule has 0 aromatic carbocycles. The second-order valence-corrected chi connectivity index (χ2v) is 5.01. The molecule has 1 heterocycles. The molecule has 1 N–H and O–H groups in total. The first-order valence-electron chi connectivity index (χ1n) is 4.22. The first kappa shape index (κ1) is 6.99. The van der Waals surface area contributed by atoms with E-state index in [0.29, 0.717) is 4.87 Å². The van der Waals surface area contributed by atoms with Gasteiger partial charge in [-0.2, -0.15) is 0 Å². The monoisotopic (exact) mass is 157 g/mol. The Morgan fingerprint density at radius 2 is 2.30 bits per heavy atom. The molecular formula is C8H15NS. The van der Waals surface area contributed by atoms with Crippen molar-refractivity contribution in [3.05, 3.63) is 0 Å². The minimum absolute atomic E-state index is 0.539. The summed E-state index contributed by atoms with van der Waals surface area (Å²) in [5, 5.41) is 3.69. The summed E-state index contributed by atoms with van der Waals surface area (Å²) in [5.41, 5.74) is 0. The van der Waals surface area contributed by atoms with E-state index in [1.54, 1.807) is 0 Å². The molecule has 1 aliphatic heterocycles. The molecule has 0 aromatic rings. The Labute approximate surface area is 67.0 Å². The van der Waals surface area contributed by atoms with Gasteiger partial charge in [-0.3, -0.25) is 0 Å². The molecule has 58 valence electrons. The van der Waals surface area contributed by atoms with Crippen molar-refractivity contribution in [2.24, 2.45) is 0 Å². The molecule has 1 aliphatic carbocycles. The van der Waals surface area contributed by atoms with Crippen LogP contribution in [0.2, 0.25) is 0 Å². The van der Waals surface area contributed by atoms with Crippen LogP contribution in [-0.2, 0) is 0 Å². The average molecular weight is 157 g/mol. The number of hydrogen-bond donors (Lipinski definition) is 1. The predicted octanol–water partition coefficient (Wildman–Crippen LogP) is 1.98. The first-order valence-corrected chi connectivity index (χ1v) is 5.21. The standard InChI is InChI=1S/C8H15NS/c1-7-3-6-10-8(9-7)4-2-5-8/h7,9H,2-6H2,1H3/t7-/m1/s1. The summed E-state index contributed by atoms with van der Waals surface area (Å²) in [4.78, 5) is 0.539. The van der Waals surface area contributed by atoms with E-state index in [9.17, 15) is 0 Å². The van der Waals surface area contributed by atoms with Crippen LogP contribution >= 0.6 is 11.8 Å². The summed E-state index contributed by atoms with van der Waals surface area (Å²) in [6.07, 6.45) is 5.60. The molecule has 0 amide bonds. The summed E-state index contributed by atoms with van der Waals surface area (Å²) in [6.45, 7) is 2.31. The average Bonchev–Trinajstić information content (AvgIpc) is 1.85. The molecule has 0 unspecified atom stereocenters. The van der Waals surface area contributed by atoms with Gasteiger partial charge in [0.05, 0.1) is 4.87 Å². The van der Waals surface area contributed by atoms with Gasteiger partial charge < -0.3 is 5.32 Å². The van der Waals surface area contributed by atoms with Crippen molar-refractivity contribution in [2.45, 2.75) is 43.5 Å². The van der Waals surface area contributed by atoms with Crippen LogP contribution in [0.1, 0.15) is 32.6 Å². The van der Waals surface area contributed by atoms with Crippen molar-refractivity contribution in [1.29, 1.82) is 0 Å². The molecule has 1 atom stereocenters. The fourth-order valence-electron chi connectivity index (χ4n) is 1.78. The van der Waals surface area contributed by atoms with E-state index in [1.165, 1.54) is 31.4 Å². The van der Waals surface area contributed by atoms with Crippen LogP contribution in [0.4, 0.5) is 0 Å². The second kappa shape index (κ2) is 2.42.